The second kappa shape index (κ2) is 8.92. The number of aromatic nitrogens is 1. The molecule has 1 atom stereocenters. The van der Waals surface area contributed by atoms with Gasteiger partial charge in [-0.05, 0) is 49.9 Å². The summed E-state index contributed by atoms with van der Waals surface area (Å²) >= 11 is 0. The van der Waals surface area contributed by atoms with Crippen LogP contribution >= 0.6 is 0 Å². The SMILES string of the molecule is Cc1ccc(S(=O)(=O)N[C@H](C(=O)Nc2ccc(N3CCCC3)nc2)C(C)C)cc1. The van der Waals surface area contributed by atoms with E-state index >= 15 is 0 Å². The number of nitrogens with one attached hydrogen (secondary N) is 2. The van der Waals surface area contributed by atoms with Crippen molar-refractivity contribution in [3.05, 3.63) is 48.2 Å². The van der Waals surface area contributed by atoms with E-state index in [1.54, 1.807) is 38.2 Å². The third kappa shape index (κ3) is 5.33. The Hall–Kier alpha value is -2.45. The minimum Gasteiger partial charge on any atom is -0.357 e. The molecule has 0 radical (unpaired) electrons. The normalized spacial score (nSPS) is 15.5. The van der Waals surface area contributed by atoms with Crippen molar-refractivity contribution in [1.82, 2.24) is 9.71 Å². The maximum atomic E-state index is 12.8. The highest BCUT2D eigenvalue weighted by atomic mass is 32.2. The van der Waals surface area contributed by atoms with E-state index in [0.29, 0.717) is 5.69 Å². The van der Waals surface area contributed by atoms with Gasteiger partial charge < -0.3 is 10.2 Å². The lowest BCUT2D eigenvalue weighted by Crippen LogP contribution is -2.47. The highest BCUT2D eigenvalue weighted by Gasteiger charge is 2.28. The number of amides is 1. The van der Waals surface area contributed by atoms with Gasteiger partial charge in [0.05, 0.1) is 16.8 Å². The minimum atomic E-state index is -3.81. The lowest BCUT2D eigenvalue weighted by Gasteiger charge is -2.22. The molecule has 1 aliphatic heterocycles. The smallest absolute Gasteiger partial charge is 0.242 e. The van der Waals surface area contributed by atoms with Gasteiger partial charge in [-0.3, -0.25) is 4.79 Å². The second-order valence-electron chi connectivity index (χ2n) is 7.74. The number of benzene rings is 1. The summed E-state index contributed by atoms with van der Waals surface area (Å²) in [6.07, 6.45) is 3.94. The summed E-state index contributed by atoms with van der Waals surface area (Å²) in [6, 6.07) is 9.30. The molecular weight excluding hydrogens is 388 g/mol. The molecule has 2 N–H and O–H groups in total. The molecule has 1 saturated heterocycles. The number of pyridine rings is 1. The van der Waals surface area contributed by atoms with Gasteiger partial charge >= 0.3 is 0 Å². The van der Waals surface area contributed by atoms with Crippen molar-refractivity contribution in [1.29, 1.82) is 0 Å². The lowest BCUT2D eigenvalue weighted by molar-refractivity contribution is -0.118. The van der Waals surface area contributed by atoms with Crippen molar-refractivity contribution in [2.75, 3.05) is 23.3 Å². The molecule has 2 aromatic rings. The van der Waals surface area contributed by atoms with Gasteiger partial charge in [-0.15, -0.1) is 0 Å². The number of carbonyl (C=O) groups excluding carboxylic acids is 1. The second-order valence-corrected chi connectivity index (χ2v) is 9.46. The molecule has 0 unspecified atom stereocenters. The highest BCUT2D eigenvalue weighted by molar-refractivity contribution is 7.89. The van der Waals surface area contributed by atoms with Crippen LogP contribution in [0.3, 0.4) is 0 Å². The van der Waals surface area contributed by atoms with Crippen molar-refractivity contribution in [2.45, 2.75) is 44.6 Å². The van der Waals surface area contributed by atoms with Crippen molar-refractivity contribution in [3.63, 3.8) is 0 Å². The van der Waals surface area contributed by atoms with Crippen molar-refractivity contribution in [2.24, 2.45) is 5.92 Å². The van der Waals surface area contributed by atoms with Gasteiger partial charge in [-0.25, -0.2) is 13.4 Å². The summed E-state index contributed by atoms with van der Waals surface area (Å²) in [6.45, 7) is 7.48. The first-order chi connectivity index (χ1) is 13.8. The van der Waals surface area contributed by atoms with Crippen LogP contribution in [0.25, 0.3) is 0 Å². The van der Waals surface area contributed by atoms with Gasteiger partial charge in [0.25, 0.3) is 0 Å². The van der Waals surface area contributed by atoms with E-state index in [9.17, 15) is 13.2 Å². The van der Waals surface area contributed by atoms with E-state index in [1.807, 2.05) is 13.0 Å². The predicted octanol–water partition coefficient (Wildman–Crippen LogP) is 2.93. The Kier molecular flexibility index (Phi) is 6.54. The number of hydrogen-bond donors (Lipinski definition) is 2. The Morgan fingerprint density at radius 3 is 2.28 bits per heavy atom. The summed E-state index contributed by atoms with van der Waals surface area (Å²) in [5.74, 6) is 0.249. The summed E-state index contributed by atoms with van der Waals surface area (Å²) in [5.41, 5.74) is 1.50. The van der Waals surface area contributed by atoms with Crippen molar-refractivity contribution >= 4 is 27.4 Å². The Morgan fingerprint density at radius 1 is 1.07 bits per heavy atom. The molecule has 8 heteroatoms. The fourth-order valence-corrected chi connectivity index (χ4v) is 4.60. The molecule has 156 valence electrons. The third-order valence-electron chi connectivity index (χ3n) is 5.01. The molecule has 7 nitrogen and oxygen atoms in total. The summed E-state index contributed by atoms with van der Waals surface area (Å²) < 4.78 is 27.9. The zero-order valence-corrected chi connectivity index (χ0v) is 17.9. The van der Waals surface area contributed by atoms with E-state index in [-0.39, 0.29) is 10.8 Å². The minimum absolute atomic E-state index is 0.137. The summed E-state index contributed by atoms with van der Waals surface area (Å²) in [5, 5.41) is 2.78. The van der Waals surface area contributed by atoms with Gasteiger partial charge in [0.2, 0.25) is 15.9 Å². The maximum absolute atomic E-state index is 12.8. The third-order valence-corrected chi connectivity index (χ3v) is 6.47. The number of sulfonamides is 1. The van der Waals surface area contributed by atoms with Crippen LogP contribution in [0.1, 0.15) is 32.3 Å². The standard InChI is InChI=1S/C21H28N4O3S/c1-15(2)20(24-29(27,28)18-9-6-16(3)7-10-18)21(26)23-17-8-11-19(22-14-17)25-12-4-5-13-25/h6-11,14-15,20,24H,4-5,12-13H2,1-3H3,(H,23,26)/t20-/m0/s1. The largest absolute Gasteiger partial charge is 0.357 e. The van der Waals surface area contributed by atoms with Crippen LogP contribution < -0.4 is 14.9 Å². The van der Waals surface area contributed by atoms with Crippen LogP contribution in [-0.4, -0.2) is 38.4 Å². The zero-order chi connectivity index (χ0) is 21.0. The molecule has 0 spiro atoms. The first kappa shape index (κ1) is 21.3. The predicted molar refractivity (Wildman–Crippen MR) is 114 cm³/mol. The molecule has 1 aromatic heterocycles. The first-order valence-electron chi connectivity index (χ1n) is 9.87. The molecule has 0 bridgehead atoms. The first-order valence-corrected chi connectivity index (χ1v) is 11.4. The lowest BCUT2D eigenvalue weighted by atomic mass is 10.1. The zero-order valence-electron chi connectivity index (χ0n) is 17.1. The number of anilines is 2. The van der Waals surface area contributed by atoms with Crippen LogP contribution in [0.2, 0.25) is 0 Å². The molecule has 3 rings (SSSR count). The van der Waals surface area contributed by atoms with E-state index < -0.39 is 22.0 Å². The van der Waals surface area contributed by atoms with Crippen molar-refractivity contribution < 1.29 is 13.2 Å². The fraction of sp³-hybridized carbons (Fsp3) is 0.429. The van der Waals surface area contributed by atoms with E-state index in [1.165, 1.54) is 12.1 Å². The van der Waals surface area contributed by atoms with Crippen LogP contribution in [0.15, 0.2) is 47.5 Å². The van der Waals surface area contributed by atoms with Crippen LogP contribution in [0, 0.1) is 12.8 Å². The average molecular weight is 417 g/mol. The van der Waals surface area contributed by atoms with Gasteiger partial charge in [0.15, 0.2) is 0 Å². The van der Waals surface area contributed by atoms with Crippen LogP contribution in [-0.2, 0) is 14.8 Å². The molecule has 1 aliphatic rings. The van der Waals surface area contributed by atoms with E-state index in [4.69, 9.17) is 0 Å². The Balaban J connectivity index is 1.70. The van der Waals surface area contributed by atoms with Crippen LogP contribution in [0.4, 0.5) is 11.5 Å². The van der Waals surface area contributed by atoms with Gasteiger partial charge in [-0.2, -0.15) is 4.72 Å². The van der Waals surface area contributed by atoms with Gasteiger partial charge in [0, 0.05) is 13.1 Å². The van der Waals surface area contributed by atoms with Gasteiger partial charge in [0.1, 0.15) is 11.9 Å². The number of hydrogen-bond acceptors (Lipinski definition) is 5. The quantitative estimate of drug-likeness (QED) is 0.724. The molecule has 1 amide bonds. The summed E-state index contributed by atoms with van der Waals surface area (Å²) in [7, 11) is -3.81. The molecule has 0 saturated carbocycles. The van der Waals surface area contributed by atoms with E-state index in [2.05, 4.69) is 19.9 Å². The molecule has 0 aliphatic carbocycles. The van der Waals surface area contributed by atoms with Gasteiger partial charge in [-0.1, -0.05) is 31.5 Å². The Labute approximate surface area is 172 Å². The monoisotopic (exact) mass is 416 g/mol. The molecule has 2 heterocycles. The summed E-state index contributed by atoms with van der Waals surface area (Å²) in [4.78, 5) is 19.5. The fourth-order valence-electron chi connectivity index (χ4n) is 3.26. The maximum Gasteiger partial charge on any atom is 0.242 e. The molecular formula is C21H28N4O3S. The Bertz CT molecular complexity index is 935. The topological polar surface area (TPSA) is 91.4 Å². The van der Waals surface area contributed by atoms with E-state index in [0.717, 1.165) is 37.3 Å². The average Bonchev–Trinajstić information content (AvgIpc) is 3.21. The number of nitrogens with zero attached hydrogens (tertiary/aromatic N) is 2. The molecule has 1 fully saturated rings. The molecule has 1 aromatic carbocycles. The van der Waals surface area contributed by atoms with Crippen molar-refractivity contribution in [3.8, 4) is 0 Å². The number of rotatable bonds is 7. The number of aryl methyl sites for hydroxylation is 1. The van der Waals surface area contributed by atoms with Crippen LogP contribution in [0.5, 0.6) is 0 Å². The molecule has 29 heavy (non-hydrogen) atoms. The Morgan fingerprint density at radius 2 is 1.72 bits per heavy atom. The highest BCUT2D eigenvalue weighted by Crippen LogP contribution is 2.20. The number of carbonyl (C=O) groups is 1.